The normalized spacial score (nSPS) is 20.1. The van der Waals surface area contributed by atoms with Gasteiger partial charge in [0.25, 0.3) is 5.91 Å². The van der Waals surface area contributed by atoms with Crippen molar-refractivity contribution in [2.45, 2.75) is 31.7 Å². The average molecular weight is 263 g/mol. The summed E-state index contributed by atoms with van der Waals surface area (Å²) >= 11 is 0. The van der Waals surface area contributed by atoms with Crippen LogP contribution >= 0.6 is 0 Å². The smallest absolute Gasteiger partial charge is 0.250 e. The van der Waals surface area contributed by atoms with Crippen LogP contribution in [0.3, 0.4) is 0 Å². The highest BCUT2D eigenvalue weighted by Crippen LogP contribution is 2.31. The van der Waals surface area contributed by atoms with Gasteiger partial charge in [-0.05, 0) is 25.0 Å². The summed E-state index contributed by atoms with van der Waals surface area (Å²) in [6, 6.07) is 5.36. The lowest BCUT2D eigenvalue weighted by Gasteiger charge is -2.32. The Morgan fingerprint density at radius 1 is 1.37 bits per heavy atom. The second-order valence-electron chi connectivity index (χ2n) is 4.98. The second-order valence-corrected chi connectivity index (χ2v) is 4.98. The van der Waals surface area contributed by atoms with Crippen molar-refractivity contribution >= 4 is 17.3 Å². The summed E-state index contributed by atoms with van der Waals surface area (Å²) in [6.07, 6.45) is 4.27. The number of amides is 1. The lowest BCUT2D eigenvalue weighted by molar-refractivity contribution is 0.100. The molecule has 1 unspecified atom stereocenters. The molecule has 1 aliphatic rings. The Kier molecular flexibility index (Phi) is 4.27. The summed E-state index contributed by atoms with van der Waals surface area (Å²) < 4.78 is 0. The van der Waals surface area contributed by atoms with Crippen molar-refractivity contribution < 1.29 is 9.90 Å². The number of nitrogens with zero attached hydrogens (tertiary/aromatic N) is 1. The molecule has 0 saturated carbocycles. The number of hydrogen-bond donors (Lipinski definition) is 3. The van der Waals surface area contributed by atoms with Crippen molar-refractivity contribution in [3.8, 4) is 0 Å². The number of carbonyl (C=O) groups is 1. The zero-order chi connectivity index (χ0) is 13.8. The van der Waals surface area contributed by atoms with Crippen LogP contribution in [0, 0.1) is 0 Å². The number of para-hydroxylation sites is 1. The second kappa shape index (κ2) is 5.93. The molecule has 0 radical (unpaired) electrons. The van der Waals surface area contributed by atoms with Gasteiger partial charge in [-0.1, -0.05) is 18.9 Å². The maximum atomic E-state index is 11.4. The maximum absolute atomic E-state index is 11.4. The fraction of sp³-hybridized carbons (Fsp3) is 0.500. The molecule has 5 nitrogen and oxygen atoms in total. The lowest BCUT2D eigenvalue weighted by Crippen LogP contribution is -2.38. The van der Waals surface area contributed by atoms with Crippen LogP contribution in [0.15, 0.2) is 18.2 Å². The van der Waals surface area contributed by atoms with Gasteiger partial charge in [-0.15, -0.1) is 0 Å². The predicted octanol–water partition coefficient (Wildman–Crippen LogP) is 1.11. The molecule has 1 heterocycles. The molecule has 0 aliphatic carbocycles. The van der Waals surface area contributed by atoms with Crippen molar-refractivity contribution in [2.24, 2.45) is 5.73 Å². The van der Waals surface area contributed by atoms with E-state index >= 15 is 0 Å². The molecule has 19 heavy (non-hydrogen) atoms. The zero-order valence-electron chi connectivity index (χ0n) is 11.0. The highest BCUT2D eigenvalue weighted by Gasteiger charge is 2.23. The Labute approximate surface area is 113 Å². The molecule has 0 spiro atoms. The molecule has 1 fully saturated rings. The molecule has 0 bridgehead atoms. The molecule has 1 atom stereocenters. The third kappa shape index (κ3) is 2.81. The van der Waals surface area contributed by atoms with Gasteiger partial charge in [-0.3, -0.25) is 4.79 Å². The van der Waals surface area contributed by atoms with Gasteiger partial charge in [0, 0.05) is 6.54 Å². The highest BCUT2D eigenvalue weighted by atomic mass is 16.3. The standard InChI is InChI=1S/C14H21N3O2/c15-13-11(14(16)19)6-4-7-12(13)17-8-3-1-2-5-10(17)9-18/h4,6-7,10,18H,1-3,5,8-9,15H2,(H2,16,19). The summed E-state index contributed by atoms with van der Waals surface area (Å²) in [4.78, 5) is 13.5. The molecule has 5 N–H and O–H groups in total. The van der Waals surface area contributed by atoms with Gasteiger partial charge >= 0.3 is 0 Å². The number of rotatable bonds is 3. The van der Waals surface area contributed by atoms with E-state index < -0.39 is 5.91 Å². The van der Waals surface area contributed by atoms with Crippen LogP contribution in [0.25, 0.3) is 0 Å². The Bertz CT molecular complexity index is 462. The largest absolute Gasteiger partial charge is 0.396 e. The van der Waals surface area contributed by atoms with Gasteiger partial charge in [-0.2, -0.15) is 0 Å². The van der Waals surface area contributed by atoms with Crippen LogP contribution in [0.4, 0.5) is 11.4 Å². The van der Waals surface area contributed by atoms with Gasteiger partial charge in [0.2, 0.25) is 0 Å². The third-order valence-electron chi connectivity index (χ3n) is 3.75. The minimum atomic E-state index is -0.519. The summed E-state index contributed by atoms with van der Waals surface area (Å²) in [5, 5.41) is 9.54. The Morgan fingerprint density at radius 2 is 2.16 bits per heavy atom. The first-order chi connectivity index (χ1) is 9.15. The number of aliphatic hydroxyl groups excluding tert-OH is 1. The highest BCUT2D eigenvalue weighted by molar-refractivity contribution is 6.00. The quantitative estimate of drug-likeness (QED) is 0.712. The molecule has 1 saturated heterocycles. The number of benzene rings is 1. The number of nitrogen functional groups attached to an aromatic ring is 1. The number of aliphatic hydroxyl groups is 1. The first-order valence-electron chi connectivity index (χ1n) is 6.71. The molecule has 2 rings (SSSR count). The van der Waals surface area contributed by atoms with Gasteiger partial charge in [-0.25, -0.2) is 0 Å². The third-order valence-corrected chi connectivity index (χ3v) is 3.75. The van der Waals surface area contributed by atoms with Crippen molar-refractivity contribution in [2.75, 3.05) is 23.8 Å². The van der Waals surface area contributed by atoms with E-state index in [1.807, 2.05) is 6.07 Å². The molecule has 1 aliphatic heterocycles. The van der Waals surface area contributed by atoms with Crippen LogP contribution in [0.1, 0.15) is 36.0 Å². The molecular weight excluding hydrogens is 242 g/mol. The first kappa shape index (κ1) is 13.7. The van der Waals surface area contributed by atoms with Crippen LogP contribution in [0.5, 0.6) is 0 Å². The minimum absolute atomic E-state index is 0.0629. The minimum Gasteiger partial charge on any atom is -0.396 e. The van der Waals surface area contributed by atoms with Gasteiger partial charge < -0.3 is 21.5 Å². The van der Waals surface area contributed by atoms with E-state index in [4.69, 9.17) is 11.5 Å². The maximum Gasteiger partial charge on any atom is 0.250 e. The Morgan fingerprint density at radius 3 is 2.84 bits per heavy atom. The van der Waals surface area contributed by atoms with Gasteiger partial charge in [0.15, 0.2) is 0 Å². The van der Waals surface area contributed by atoms with E-state index in [0.717, 1.165) is 37.9 Å². The number of anilines is 2. The molecule has 5 heteroatoms. The Balaban J connectivity index is 2.38. The first-order valence-corrected chi connectivity index (χ1v) is 6.71. The van der Waals surface area contributed by atoms with Crippen LogP contribution in [-0.2, 0) is 0 Å². The number of primary amides is 1. The molecular formula is C14H21N3O2. The van der Waals surface area contributed by atoms with E-state index in [0.29, 0.717) is 11.3 Å². The van der Waals surface area contributed by atoms with Crippen LogP contribution in [0.2, 0.25) is 0 Å². The Hall–Kier alpha value is -1.75. The van der Waals surface area contributed by atoms with Gasteiger partial charge in [0.1, 0.15) is 0 Å². The monoisotopic (exact) mass is 263 g/mol. The SMILES string of the molecule is NC(=O)c1cccc(N2CCCCCC2CO)c1N. The van der Waals surface area contributed by atoms with Gasteiger partial charge in [0.05, 0.1) is 29.6 Å². The van der Waals surface area contributed by atoms with Crippen LogP contribution < -0.4 is 16.4 Å². The van der Waals surface area contributed by atoms with Crippen molar-refractivity contribution in [1.29, 1.82) is 0 Å². The van der Waals surface area contributed by atoms with E-state index in [2.05, 4.69) is 4.90 Å². The molecule has 1 aromatic rings. The molecule has 1 aromatic carbocycles. The number of nitrogens with two attached hydrogens (primary N) is 2. The van der Waals surface area contributed by atoms with Crippen molar-refractivity contribution in [3.05, 3.63) is 23.8 Å². The summed E-state index contributed by atoms with van der Waals surface area (Å²) in [6.45, 7) is 0.942. The summed E-state index contributed by atoms with van der Waals surface area (Å²) in [5.74, 6) is -0.519. The number of carbonyl (C=O) groups excluding carboxylic acids is 1. The van der Waals surface area contributed by atoms with Crippen molar-refractivity contribution in [3.63, 3.8) is 0 Å². The van der Waals surface area contributed by atoms with E-state index in [1.54, 1.807) is 12.1 Å². The van der Waals surface area contributed by atoms with E-state index in [9.17, 15) is 9.90 Å². The molecule has 104 valence electrons. The van der Waals surface area contributed by atoms with E-state index in [-0.39, 0.29) is 12.6 Å². The van der Waals surface area contributed by atoms with Crippen molar-refractivity contribution in [1.82, 2.24) is 0 Å². The summed E-state index contributed by atoms with van der Waals surface area (Å²) in [5.41, 5.74) is 12.9. The average Bonchev–Trinajstić information content (AvgIpc) is 2.63. The zero-order valence-corrected chi connectivity index (χ0v) is 11.0. The lowest BCUT2D eigenvalue weighted by atomic mass is 10.1. The summed E-state index contributed by atoms with van der Waals surface area (Å²) in [7, 11) is 0. The topological polar surface area (TPSA) is 92.6 Å². The fourth-order valence-electron chi connectivity index (χ4n) is 2.70. The predicted molar refractivity (Wildman–Crippen MR) is 76.1 cm³/mol. The van der Waals surface area contributed by atoms with Crippen LogP contribution in [-0.4, -0.2) is 30.2 Å². The molecule has 1 amide bonds. The fourth-order valence-corrected chi connectivity index (χ4v) is 2.70. The molecule has 0 aromatic heterocycles. The van der Waals surface area contributed by atoms with E-state index in [1.165, 1.54) is 0 Å². The number of hydrogen-bond acceptors (Lipinski definition) is 4.